The molecule has 0 aliphatic rings. The van der Waals surface area contributed by atoms with Crippen LogP contribution in [0.4, 0.5) is 5.69 Å². The molecule has 0 radical (unpaired) electrons. The van der Waals surface area contributed by atoms with E-state index in [4.69, 9.17) is 4.74 Å². The van der Waals surface area contributed by atoms with Crippen molar-refractivity contribution in [1.82, 2.24) is 0 Å². The lowest BCUT2D eigenvalue weighted by Crippen LogP contribution is -2.12. The summed E-state index contributed by atoms with van der Waals surface area (Å²) in [5, 5.41) is 12.7. The van der Waals surface area contributed by atoms with Crippen LogP contribution in [0.2, 0.25) is 0 Å². The van der Waals surface area contributed by atoms with E-state index in [1.54, 1.807) is 36.4 Å². The van der Waals surface area contributed by atoms with Crippen molar-refractivity contribution >= 4 is 11.6 Å². The second-order valence-electron chi connectivity index (χ2n) is 6.97. The minimum absolute atomic E-state index is 0.0611. The first-order valence-electron chi connectivity index (χ1n) is 10.1. The standard InChI is InChI=1S/C25H27NO3/c1-2-19-11-16-24(27)23(18-19)26-25(28)21-12-14-22(15-13-21)29-17-7-6-10-20-8-4-3-5-9-20/h3-5,8-9,11-16,18,27H,2,6-7,10,17H2,1H3,(H,26,28). The zero-order chi connectivity index (χ0) is 20.5. The van der Waals surface area contributed by atoms with Crippen LogP contribution in [0.25, 0.3) is 0 Å². The van der Waals surface area contributed by atoms with E-state index in [0.29, 0.717) is 17.9 Å². The zero-order valence-electron chi connectivity index (χ0n) is 16.7. The van der Waals surface area contributed by atoms with Gasteiger partial charge in [-0.1, -0.05) is 43.3 Å². The van der Waals surface area contributed by atoms with E-state index in [-0.39, 0.29) is 11.7 Å². The fourth-order valence-electron chi connectivity index (χ4n) is 3.07. The summed E-state index contributed by atoms with van der Waals surface area (Å²) < 4.78 is 5.77. The summed E-state index contributed by atoms with van der Waals surface area (Å²) in [6.45, 7) is 2.68. The summed E-state index contributed by atoms with van der Waals surface area (Å²) in [5.41, 5.74) is 3.34. The number of rotatable bonds is 9. The maximum atomic E-state index is 12.4. The SMILES string of the molecule is CCc1ccc(O)c(NC(=O)c2ccc(OCCCCc3ccccc3)cc2)c1. The second-order valence-corrected chi connectivity index (χ2v) is 6.97. The monoisotopic (exact) mass is 389 g/mol. The van der Waals surface area contributed by atoms with Gasteiger partial charge in [-0.25, -0.2) is 0 Å². The van der Waals surface area contributed by atoms with Crippen molar-refractivity contribution in [3.05, 3.63) is 89.5 Å². The summed E-state index contributed by atoms with van der Waals surface area (Å²) in [4.78, 5) is 12.4. The number of amides is 1. The molecule has 0 heterocycles. The third-order valence-electron chi connectivity index (χ3n) is 4.81. The number of hydrogen-bond acceptors (Lipinski definition) is 3. The molecule has 0 fully saturated rings. The smallest absolute Gasteiger partial charge is 0.255 e. The molecule has 0 unspecified atom stereocenters. The lowest BCUT2D eigenvalue weighted by atomic mass is 10.1. The highest BCUT2D eigenvalue weighted by molar-refractivity contribution is 6.05. The minimum atomic E-state index is -0.261. The van der Waals surface area contributed by atoms with Gasteiger partial charge >= 0.3 is 0 Å². The summed E-state index contributed by atoms with van der Waals surface area (Å²) in [6.07, 6.45) is 3.94. The minimum Gasteiger partial charge on any atom is -0.506 e. The molecule has 3 rings (SSSR count). The van der Waals surface area contributed by atoms with Gasteiger partial charge in [-0.05, 0) is 73.2 Å². The molecule has 0 saturated carbocycles. The lowest BCUT2D eigenvalue weighted by Gasteiger charge is -2.10. The normalized spacial score (nSPS) is 10.5. The molecule has 4 nitrogen and oxygen atoms in total. The number of phenols is 1. The van der Waals surface area contributed by atoms with Crippen LogP contribution >= 0.6 is 0 Å². The highest BCUT2D eigenvalue weighted by Crippen LogP contribution is 2.25. The van der Waals surface area contributed by atoms with Crippen molar-refractivity contribution in [2.45, 2.75) is 32.6 Å². The van der Waals surface area contributed by atoms with Crippen LogP contribution < -0.4 is 10.1 Å². The van der Waals surface area contributed by atoms with Crippen LogP contribution in [0.1, 0.15) is 41.3 Å². The van der Waals surface area contributed by atoms with Gasteiger partial charge in [0.15, 0.2) is 0 Å². The predicted octanol–water partition coefficient (Wildman–Crippen LogP) is 5.61. The molecule has 3 aromatic carbocycles. The Morgan fingerprint density at radius 2 is 1.69 bits per heavy atom. The van der Waals surface area contributed by atoms with Crippen molar-refractivity contribution in [2.75, 3.05) is 11.9 Å². The number of anilines is 1. The highest BCUT2D eigenvalue weighted by atomic mass is 16.5. The Kier molecular flexibility index (Phi) is 7.28. The van der Waals surface area contributed by atoms with Crippen molar-refractivity contribution in [3.8, 4) is 11.5 Å². The van der Waals surface area contributed by atoms with Gasteiger partial charge in [0.25, 0.3) is 5.91 Å². The van der Waals surface area contributed by atoms with Crippen molar-refractivity contribution in [1.29, 1.82) is 0 Å². The molecule has 0 atom stereocenters. The fourth-order valence-corrected chi connectivity index (χ4v) is 3.07. The maximum absolute atomic E-state index is 12.4. The van der Waals surface area contributed by atoms with Gasteiger partial charge in [-0.3, -0.25) is 4.79 Å². The molecule has 0 spiro atoms. The Hall–Kier alpha value is -3.27. The van der Waals surface area contributed by atoms with Crippen LogP contribution in [-0.2, 0) is 12.8 Å². The van der Waals surface area contributed by atoms with Gasteiger partial charge in [0.05, 0.1) is 12.3 Å². The van der Waals surface area contributed by atoms with Crippen LogP contribution in [0.3, 0.4) is 0 Å². The molecule has 29 heavy (non-hydrogen) atoms. The van der Waals surface area contributed by atoms with E-state index in [1.165, 1.54) is 5.56 Å². The van der Waals surface area contributed by atoms with Gasteiger partial charge in [0.1, 0.15) is 11.5 Å². The van der Waals surface area contributed by atoms with Gasteiger partial charge in [0, 0.05) is 5.56 Å². The van der Waals surface area contributed by atoms with E-state index in [9.17, 15) is 9.90 Å². The number of phenolic OH excluding ortho intramolecular Hbond substituents is 1. The number of aromatic hydroxyl groups is 1. The molecule has 4 heteroatoms. The van der Waals surface area contributed by atoms with Crippen molar-refractivity contribution in [2.24, 2.45) is 0 Å². The molecule has 1 amide bonds. The topological polar surface area (TPSA) is 58.6 Å². The molecule has 0 aliphatic heterocycles. The molecular formula is C25H27NO3. The molecule has 0 saturated heterocycles. The summed E-state index contributed by atoms with van der Waals surface area (Å²) in [5.74, 6) is 0.547. The summed E-state index contributed by atoms with van der Waals surface area (Å²) in [6, 6.07) is 22.7. The first kappa shape index (κ1) is 20.5. The quantitative estimate of drug-likeness (QED) is 0.369. The third-order valence-corrected chi connectivity index (χ3v) is 4.81. The lowest BCUT2D eigenvalue weighted by molar-refractivity contribution is 0.102. The van der Waals surface area contributed by atoms with E-state index < -0.39 is 0 Å². The Balaban J connectivity index is 1.46. The molecular weight excluding hydrogens is 362 g/mol. The Labute approximate surface area is 172 Å². The molecule has 3 aromatic rings. The van der Waals surface area contributed by atoms with E-state index in [0.717, 1.165) is 37.0 Å². The van der Waals surface area contributed by atoms with Gasteiger partial charge < -0.3 is 15.2 Å². The molecule has 0 aliphatic carbocycles. The van der Waals surface area contributed by atoms with Crippen molar-refractivity contribution < 1.29 is 14.6 Å². The fraction of sp³-hybridized carbons (Fsp3) is 0.240. The van der Waals surface area contributed by atoms with E-state index in [1.807, 2.05) is 19.1 Å². The first-order valence-corrected chi connectivity index (χ1v) is 10.1. The second kappa shape index (κ2) is 10.3. The number of unbranched alkanes of at least 4 members (excludes halogenated alkanes) is 1. The number of hydrogen-bond donors (Lipinski definition) is 2. The first-order chi connectivity index (χ1) is 14.2. The van der Waals surface area contributed by atoms with Gasteiger partial charge in [-0.2, -0.15) is 0 Å². The number of benzene rings is 3. The van der Waals surface area contributed by atoms with E-state index in [2.05, 4.69) is 29.6 Å². The Morgan fingerprint density at radius 3 is 2.41 bits per heavy atom. The number of carbonyl (C=O) groups excluding carboxylic acids is 1. The van der Waals surface area contributed by atoms with Crippen LogP contribution in [0.5, 0.6) is 11.5 Å². The number of aryl methyl sites for hydroxylation is 2. The number of carbonyl (C=O) groups is 1. The average molecular weight is 389 g/mol. The Bertz CT molecular complexity index is 921. The third kappa shape index (κ3) is 6.11. The summed E-state index contributed by atoms with van der Waals surface area (Å²) >= 11 is 0. The summed E-state index contributed by atoms with van der Waals surface area (Å²) in [7, 11) is 0. The highest BCUT2D eigenvalue weighted by Gasteiger charge is 2.10. The van der Waals surface area contributed by atoms with Crippen LogP contribution in [0, 0.1) is 0 Å². The molecule has 2 N–H and O–H groups in total. The maximum Gasteiger partial charge on any atom is 0.255 e. The number of nitrogens with one attached hydrogen (secondary N) is 1. The van der Waals surface area contributed by atoms with Gasteiger partial charge in [0.2, 0.25) is 0 Å². The largest absolute Gasteiger partial charge is 0.506 e. The predicted molar refractivity (Wildman–Crippen MR) is 117 cm³/mol. The van der Waals surface area contributed by atoms with Crippen LogP contribution in [0.15, 0.2) is 72.8 Å². The molecule has 0 aromatic heterocycles. The Morgan fingerprint density at radius 1 is 0.931 bits per heavy atom. The van der Waals surface area contributed by atoms with Crippen molar-refractivity contribution in [3.63, 3.8) is 0 Å². The van der Waals surface area contributed by atoms with Crippen LogP contribution in [-0.4, -0.2) is 17.6 Å². The van der Waals surface area contributed by atoms with E-state index >= 15 is 0 Å². The average Bonchev–Trinajstić information content (AvgIpc) is 2.76. The number of ether oxygens (including phenoxy) is 1. The molecule has 0 bridgehead atoms. The zero-order valence-corrected chi connectivity index (χ0v) is 16.7. The molecule has 150 valence electrons. The van der Waals surface area contributed by atoms with Gasteiger partial charge in [-0.15, -0.1) is 0 Å².